The zero-order chi connectivity index (χ0) is 15.6. The van der Waals surface area contributed by atoms with Crippen molar-refractivity contribution in [1.82, 2.24) is 14.5 Å². The lowest BCUT2D eigenvalue weighted by atomic mass is 10.1. The lowest BCUT2D eigenvalue weighted by Gasteiger charge is -2.09. The van der Waals surface area contributed by atoms with Gasteiger partial charge in [0.2, 0.25) is 5.28 Å². The highest BCUT2D eigenvalue weighted by atomic mass is 35.5. The molecule has 0 aliphatic rings. The molecular weight excluding hydrogens is 290 g/mol. The summed E-state index contributed by atoms with van der Waals surface area (Å²) in [6.45, 7) is 6.81. The van der Waals surface area contributed by atoms with Crippen LogP contribution in [-0.4, -0.2) is 27.6 Å². The van der Waals surface area contributed by atoms with Crippen LogP contribution in [0, 0.1) is 12.8 Å². The molecule has 0 saturated carbocycles. The van der Waals surface area contributed by atoms with E-state index in [9.17, 15) is 4.79 Å². The van der Waals surface area contributed by atoms with Crippen LogP contribution in [0.25, 0.3) is 11.3 Å². The Morgan fingerprint density at radius 1 is 1.48 bits per heavy atom. The number of ether oxygens (including phenoxy) is 1. The second-order valence-electron chi connectivity index (χ2n) is 5.32. The van der Waals surface area contributed by atoms with E-state index in [1.165, 1.54) is 7.11 Å². The number of hydrogen-bond acceptors (Lipinski definition) is 4. The summed E-state index contributed by atoms with van der Waals surface area (Å²) in [5, 5.41) is 0.187. The van der Waals surface area contributed by atoms with Crippen LogP contribution in [0.5, 0.6) is 0 Å². The lowest BCUT2D eigenvalue weighted by Crippen LogP contribution is -2.12. The summed E-state index contributed by atoms with van der Waals surface area (Å²) in [7, 11) is 1.38. The molecule has 2 aromatic rings. The Hall–Kier alpha value is -1.88. The number of carbonyl (C=O) groups excluding carboxylic acids is 1. The summed E-state index contributed by atoms with van der Waals surface area (Å²) in [6.07, 6.45) is 3.57. The van der Waals surface area contributed by atoms with Crippen molar-refractivity contribution < 1.29 is 9.53 Å². The Balaban J connectivity index is 2.52. The molecule has 2 heterocycles. The van der Waals surface area contributed by atoms with Crippen molar-refractivity contribution >= 4 is 17.6 Å². The minimum Gasteiger partial charge on any atom is -0.464 e. The van der Waals surface area contributed by atoms with E-state index < -0.39 is 0 Å². The summed E-state index contributed by atoms with van der Waals surface area (Å²) >= 11 is 5.87. The fraction of sp³-hybridized carbons (Fsp3) is 0.400. The van der Waals surface area contributed by atoms with Gasteiger partial charge in [-0.15, -0.1) is 0 Å². The van der Waals surface area contributed by atoms with Crippen LogP contribution in [0.1, 0.15) is 29.9 Å². The zero-order valence-electron chi connectivity index (χ0n) is 12.6. The minimum atomic E-state index is -0.361. The predicted molar refractivity (Wildman–Crippen MR) is 81.4 cm³/mol. The highest BCUT2D eigenvalue weighted by Crippen LogP contribution is 2.25. The molecule has 0 bridgehead atoms. The highest BCUT2D eigenvalue weighted by molar-refractivity contribution is 6.28. The first kappa shape index (κ1) is 15.5. The zero-order valence-corrected chi connectivity index (χ0v) is 13.3. The number of halogens is 1. The third-order valence-electron chi connectivity index (χ3n) is 3.07. The van der Waals surface area contributed by atoms with Crippen molar-refractivity contribution in [2.45, 2.75) is 27.3 Å². The van der Waals surface area contributed by atoms with Gasteiger partial charge in [0.05, 0.1) is 12.8 Å². The van der Waals surface area contributed by atoms with Gasteiger partial charge in [-0.3, -0.25) is 0 Å². The van der Waals surface area contributed by atoms with Crippen LogP contribution >= 0.6 is 11.6 Å². The predicted octanol–water partition coefficient (Wildman–Crippen LogP) is 3.35. The number of methoxy groups -OCH3 is 1. The average molecular weight is 308 g/mol. The summed E-state index contributed by atoms with van der Waals surface area (Å²) in [6, 6.07) is 1.78. The van der Waals surface area contributed by atoms with Gasteiger partial charge >= 0.3 is 5.97 Å². The van der Waals surface area contributed by atoms with Crippen molar-refractivity contribution in [3.63, 3.8) is 0 Å². The summed E-state index contributed by atoms with van der Waals surface area (Å²) in [5.41, 5.74) is 2.97. The summed E-state index contributed by atoms with van der Waals surface area (Å²) in [5.74, 6) is 0.0449. The molecule has 6 heteroatoms. The monoisotopic (exact) mass is 307 g/mol. The van der Waals surface area contributed by atoms with Gasteiger partial charge in [0.15, 0.2) is 0 Å². The van der Waals surface area contributed by atoms with Crippen molar-refractivity contribution in [2.75, 3.05) is 7.11 Å². The second kappa shape index (κ2) is 6.26. The van der Waals surface area contributed by atoms with Crippen LogP contribution in [0.3, 0.4) is 0 Å². The van der Waals surface area contributed by atoms with Gasteiger partial charge in [-0.25, -0.2) is 14.8 Å². The van der Waals surface area contributed by atoms with E-state index in [4.69, 9.17) is 16.3 Å². The van der Waals surface area contributed by atoms with Gasteiger partial charge in [0.25, 0.3) is 0 Å². The molecule has 0 amide bonds. The number of rotatable bonds is 4. The Morgan fingerprint density at radius 2 is 2.19 bits per heavy atom. The normalized spacial score (nSPS) is 11.0. The quantitative estimate of drug-likeness (QED) is 0.642. The Bertz CT molecular complexity index is 665. The van der Waals surface area contributed by atoms with E-state index in [0.29, 0.717) is 11.6 Å². The Labute approximate surface area is 128 Å². The van der Waals surface area contributed by atoms with Crippen LogP contribution in [0.4, 0.5) is 0 Å². The van der Waals surface area contributed by atoms with Gasteiger partial charge in [-0.05, 0) is 36.1 Å². The van der Waals surface area contributed by atoms with E-state index in [0.717, 1.165) is 23.4 Å². The molecule has 0 aliphatic heterocycles. The van der Waals surface area contributed by atoms with E-state index in [1.54, 1.807) is 12.3 Å². The molecule has 0 atom stereocenters. The molecule has 0 N–H and O–H groups in total. The third-order valence-corrected chi connectivity index (χ3v) is 3.25. The van der Waals surface area contributed by atoms with Gasteiger partial charge in [-0.2, -0.15) is 0 Å². The minimum absolute atomic E-state index is 0.187. The van der Waals surface area contributed by atoms with Crippen molar-refractivity contribution in [1.29, 1.82) is 0 Å². The van der Waals surface area contributed by atoms with E-state index >= 15 is 0 Å². The molecule has 2 rings (SSSR count). The van der Waals surface area contributed by atoms with Crippen LogP contribution < -0.4 is 0 Å². The second-order valence-corrected chi connectivity index (χ2v) is 5.66. The molecule has 2 aromatic heterocycles. The summed E-state index contributed by atoms with van der Waals surface area (Å²) < 4.78 is 6.73. The van der Waals surface area contributed by atoms with Crippen molar-refractivity contribution in [3.8, 4) is 11.3 Å². The maximum Gasteiger partial charge on any atom is 0.354 e. The molecule has 0 aliphatic carbocycles. The van der Waals surface area contributed by atoms with E-state index in [-0.39, 0.29) is 11.3 Å². The average Bonchev–Trinajstić information content (AvgIpc) is 2.83. The van der Waals surface area contributed by atoms with Gasteiger partial charge < -0.3 is 9.30 Å². The molecule has 112 valence electrons. The lowest BCUT2D eigenvalue weighted by molar-refractivity contribution is 0.0587. The first-order valence-corrected chi connectivity index (χ1v) is 7.08. The van der Waals surface area contributed by atoms with E-state index in [1.807, 2.05) is 17.7 Å². The number of hydrogen-bond donors (Lipinski definition) is 0. The standard InChI is InChI=1S/C15H18ClN3O2/c1-9(2)7-19-8-11(5-12(19)14(20)21-4)13-10(3)6-17-15(16)18-13/h5-6,8-9H,7H2,1-4H3. The molecule has 0 unspecified atom stereocenters. The van der Waals surface area contributed by atoms with Gasteiger partial charge in [0.1, 0.15) is 5.69 Å². The molecule has 21 heavy (non-hydrogen) atoms. The molecule has 0 radical (unpaired) electrons. The first-order chi connectivity index (χ1) is 9.92. The van der Waals surface area contributed by atoms with Crippen molar-refractivity contribution in [3.05, 3.63) is 35.0 Å². The SMILES string of the molecule is COC(=O)c1cc(-c2nc(Cl)ncc2C)cn1CC(C)C. The van der Waals surface area contributed by atoms with Crippen LogP contribution in [-0.2, 0) is 11.3 Å². The highest BCUT2D eigenvalue weighted by Gasteiger charge is 2.17. The maximum absolute atomic E-state index is 11.9. The van der Waals surface area contributed by atoms with Crippen LogP contribution in [0.2, 0.25) is 5.28 Å². The van der Waals surface area contributed by atoms with Crippen molar-refractivity contribution in [2.24, 2.45) is 5.92 Å². The number of carbonyl (C=O) groups is 1. The number of aromatic nitrogens is 3. The summed E-state index contributed by atoms with van der Waals surface area (Å²) in [4.78, 5) is 20.1. The number of esters is 1. The fourth-order valence-corrected chi connectivity index (χ4v) is 2.31. The van der Waals surface area contributed by atoms with Gasteiger partial charge in [0, 0.05) is 24.5 Å². The molecule has 0 aromatic carbocycles. The Kier molecular flexibility index (Phi) is 4.63. The first-order valence-electron chi connectivity index (χ1n) is 6.70. The smallest absolute Gasteiger partial charge is 0.354 e. The largest absolute Gasteiger partial charge is 0.464 e. The maximum atomic E-state index is 11.9. The fourth-order valence-electron chi connectivity index (χ4n) is 2.17. The molecule has 0 spiro atoms. The van der Waals surface area contributed by atoms with E-state index in [2.05, 4.69) is 23.8 Å². The van der Waals surface area contributed by atoms with Crippen LogP contribution in [0.15, 0.2) is 18.5 Å². The topological polar surface area (TPSA) is 57.0 Å². The number of nitrogens with zero attached hydrogens (tertiary/aromatic N) is 3. The number of aryl methyl sites for hydroxylation is 1. The Morgan fingerprint density at radius 3 is 2.81 bits per heavy atom. The third kappa shape index (κ3) is 3.42. The molecular formula is C15H18ClN3O2. The molecule has 0 fully saturated rings. The molecule has 0 saturated heterocycles. The van der Waals surface area contributed by atoms with Gasteiger partial charge in [-0.1, -0.05) is 13.8 Å². The molecule has 5 nitrogen and oxygen atoms in total.